The topological polar surface area (TPSA) is 3.24 Å². The molecule has 0 spiro atoms. The first-order chi connectivity index (χ1) is 13.4. The average molecular weight is 416 g/mol. The van der Waals surface area contributed by atoms with Gasteiger partial charge >= 0.3 is 0 Å². The second-order valence-electron chi connectivity index (χ2n) is 10.8. The van der Waals surface area contributed by atoms with Gasteiger partial charge in [-0.3, -0.25) is 0 Å². The van der Waals surface area contributed by atoms with E-state index in [1.165, 1.54) is 23.2 Å². The van der Waals surface area contributed by atoms with Gasteiger partial charge in [0.25, 0.3) is 0 Å². The molecule has 0 bridgehead atoms. The van der Waals surface area contributed by atoms with Crippen molar-refractivity contribution in [3.8, 4) is 0 Å². The van der Waals surface area contributed by atoms with E-state index in [4.69, 9.17) is 0 Å². The SMILES string of the molecule is CCc1cccc(CC)c1N1C(=CC(C)P(C(C)C)C(C)C)C(C)(C)CC1(C)C. The predicted octanol–water partition coefficient (Wildman–Crippen LogP) is 8.40. The summed E-state index contributed by atoms with van der Waals surface area (Å²) in [7, 11) is -0.0419. The van der Waals surface area contributed by atoms with Gasteiger partial charge in [0, 0.05) is 22.3 Å². The van der Waals surface area contributed by atoms with Gasteiger partial charge in [-0.15, -0.1) is 0 Å². The number of benzene rings is 1. The van der Waals surface area contributed by atoms with Crippen LogP contribution in [-0.2, 0) is 12.8 Å². The van der Waals surface area contributed by atoms with E-state index in [9.17, 15) is 0 Å². The number of allylic oxidation sites excluding steroid dienone is 2. The highest BCUT2D eigenvalue weighted by Crippen LogP contribution is 2.56. The Morgan fingerprint density at radius 1 is 0.931 bits per heavy atom. The molecule has 164 valence electrons. The Labute approximate surface area is 183 Å². The van der Waals surface area contributed by atoms with Gasteiger partial charge in [0.1, 0.15) is 0 Å². The standard InChI is InChI=1S/C27H46NP/c1-12-22-15-14-16-23(13-2)25(22)28-24(26(8,9)18-27(28,10)11)17-21(7)29(19(3)4)20(5)6/h14-17,19-21H,12-13,18H2,1-11H3. The molecule has 1 aromatic carbocycles. The van der Waals surface area contributed by atoms with E-state index in [2.05, 4.69) is 105 Å². The van der Waals surface area contributed by atoms with Crippen LogP contribution in [0, 0.1) is 5.41 Å². The number of rotatable bonds is 7. The van der Waals surface area contributed by atoms with Crippen LogP contribution in [0.25, 0.3) is 0 Å². The molecule has 0 radical (unpaired) electrons. The Morgan fingerprint density at radius 2 is 1.41 bits per heavy atom. The predicted molar refractivity (Wildman–Crippen MR) is 135 cm³/mol. The van der Waals surface area contributed by atoms with E-state index in [-0.39, 0.29) is 18.9 Å². The maximum atomic E-state index is 2.75. The van der Waals surface area contributed by atoms with Crippen LogP contribution in [0.3, 0.4) is 0 Å². The zero-order valence-corrected chi connectivity index (χ0v) is 22.0. The van der Waals surface area contributed by atoms with E-state index in [0.717, 1.165) is 24.2 Å². The lowest BCUT2D eigenvalue weighted by molar-refractivity contribution is 0.390. The van der Waals surface area contributed by atoms with Crippen molar-refractivity contribution in [2.75, 3.05) is 4.90 Å². The van der Waals surface area contributed by atoms with Gasteiger partial charge in [0.05, 0.1) is 0 Å². The Balaban J connectivity index is 2.69. The second kappa shape index (κ2) is 9.13. The Hall–Kier alpha value is -0.810. The van der Waals surface area contributed by atoms with E-state index in [1.54, 1.807) is 5.70 Å². The maximum Gasteiger partial charge on any atom is 0.0478 e. The van der Waals surface area contributed by atoms with Crippen molar-refractivity contribution in [2.24, 2.45) is 5.41 Å². The fraction of sp³-hybridized carbons (Fsp3) is 0.704. The molecule has 2 rings (SSSR count). The van der Waals surface area contributed by atoms with Gasteiger partial charge in [-0.05, 0) is 61.2 Å². The van der Waals surface area contributed by atoms with Gasteiger partial charge in [0.15, 0.2) is 0 Å². The third-order valence-corrected chi connectivity index (χ3v) is 10.1. The highest BCUT2D eigenvalue weighted by molar-refractivity contribution is 7.60. The molecule has 0 aliphatic carbocycles. The summed E-state index contributed by atoms with van der Waals surface area (Å²) in [6.45, 7) is 26.6. The molecule has 2 heteroatoms. The van der Waals surface area contributed by atoms with Crippen LogP contribution in [0.5, 0.6) is 0 Å². The summed E-state index contributed by atoms with van der Waals surface area (Å²) in [4.78, 5) is 2.75. The maximum absolute atomic E-state index is 2.75. The molecule has 1 aliphatic heterocycles. The zero-order valence-electron chi connectivity index (χ0n) is 21.1. The second-order valence-corrected chi connectivity index (χ2v) is 14.5. The molecule has 1 saturated heterocycles. The van der Waals surface area contributed by atoms with Crippen LogP contribution in [0.15, 0.2) is 30.0 Å². The van der Waals surface area contributed by atoms with Crippen molar-refractivity contribution in [1.29, 1.82) is 0 Å². The average Bonchev–Trinajstić information content (AvgIpc) is 2.76. The highest BCUT2D eigenvalue weighted by Gasteiger charge is 2.48. The molecule has 1 heterocycles. The summed E-state index contributed by atoms with van der Waals surface area (Å²) in [6.07, 6.45) is 6.04. The number of para-hydroxylation sites is 1. The summed E-state index contributed by atoms with van der Waals surface area (Å²) < 4.78 is 0. The van der Waals surface area contributed by atoms with Crippen LogP contribution in [0.1, 0.15) is 93.7 Å². The molecular formula is C27H46NP. The normalized spacial score (nSPS) is 21.0. The third-order valence-electron chi connectivity index (χ3n) is 6.66. The molecular weight excluding hydrogens is 369 g/mol. The van der Waals surface area contributed by atoms with E-state index in [0.29, 0.717) is 5.66 Å². The van der Waals surface area contributed by atoms with E-state index < -0.39 is 0 Å². The third kappa shape index (κ3) is 4.92. The number of hydrogen-bond acceptors (Lipinski definition) is 1. The van der Waals surface area contributed by atoms with Gasteiger partial charge < -0.3 is 4.90 Å². The lowest BCUT2D eigenvalue weighted by Crippen LogP contribution is -2.38. The minimum Gasteiger partial charge on any atom is -0.339 e. The summed E-state index contributed by atoms with van der Waals surface area (Å²) in [5.41, 5.74) is 8.50. The quantitative estimate of drug-likeness (QED) is 0.404. The van der Waals surface area contributed by atoms with Crippen LogP contribution < -0.4 is 4.90 Å². The molecule has 1 atom stereocenters. The molecule has 1 fully saturated rings. The lowest BCUT2D eigenvalue weighted by atomic mass is 9.83. The minimum atomic E-state index is -0.0419. The van der Waals surface area contributed by atoms with Gasteiger partial charge in [0.2, 0.25) is 0 Å². The summed E-state index contributed by atoms with van der Waals surface area (Å²) >= 11 is 0. The summed E-state index contributed by atoms with van der Waals surface area (Å²) in [5.74, 6) is 0. The Morgan fingerprint density at radius 3 is 1.83 bits per heavy atom. The first-order valence-corrected chi connectivity index (χ1v) is 13.3. The molecule has 29 heavy (non-hydrogen) atoms. The van der Waals surface area contributed by atoms with Crippen molar-refractivity contribution in [2.45, 2.75) is 118 Å². The lowest BCUT2D eigenvalue weighted by Gasteiger charge is -2.39. The molecule has 0 amide bonds. The first-order valence-electron chi connectivity index (χ1n) is 11.8. The van der Waals surface area contributed by atoms with E-state index >= 15 is 0 Å². The fourth-order valence-corrected chi connectivity index (χ4v) is 9.34. The van der Waals surface area contributed by atoms with Crippen LogP contribution >= 0.6 is 7.92 Å². The summed E-state index contributed by atoms with van der Waals surface area (Å²) in [6, 6.07) is 6.93. The van der Waals surface area contributed by atoms with Crippen molar-refractivity contribution < 1.29 is 0 Å². The minimum absolute atomic E-state index is 0.0419. The van der Waals surface area contributed by atoms with E-state index in [1.807, 2.05) is 0 Å². The molecule has 0 saturated carbocycles. The fourth-order valence-electron chi connectivity index (χ4n) is 5.96. The van der Waals surface area contributed by atoms with Crippen molar-refractivity contribution in [3.05, 3.63) is 41.1 Å². The van der Waals surface area contributed by atoms with Gasteiger partial charge in [-0.2, -0.15) is 0 Å². The largest absolute Gasteiger partial charge is 0.339 e. The smallest absolute Gasteiger partial charge is 0.0478 e. The zero-order chi connectivity index (χ0) is 22.1. The highest BCUT2D eigenvalue weighted by atomic mass is 31.1. The summed E-state index contributed by atoms with van der Waals surface area (Å²) in [5, 5.41) is 0. The van der Waals surface area contributed by atoms with Crippen LogP contribution in [0.4, 0.5) is 5.69 Å². The molecule has 1 aromatic rings. The van der Waals surface area contributed by atoms with Crippen molar-refractivity contribution in [1.82, 2.24) is 0 Å². The number of nitrogens with zero attached hydrogens (tertiary/aromatic N) is 1. The van der Waals surface area contributed by atoms with Crippen LogP contribution in [0.2, 0.25) is 0 Å². The first kappa shape index (κ1) is 24.5. The Bertz CT molecular complexity index is 696. The molecule has 0 N–H and O–H groups in total. The molecule has 0 aromatic heterocycles. The Kier molecular flexibility index (Phi) is 7.70. The van der Waals surface area contributed by atoms with Gasteiger partial charge in [-0.1, -0.05) is 94.5 Å². The number of aryl methyl sites for hydroxylation is 2. The van der Waals surface area contributed by atoms with Crippen molar-refractivity contribution in [3.63, 3.8) is 0 Å². The number of anilines is 1. The van der Waals surface area contributed by atoms with Gasteiger partial charge in [-0.25, -0.2) is 0 Å². The number of hydrogen-bond donors (Lipinski definition) is 0. The van der Waals surface area contributed by atoms with Crippen molar-refractivity contribution >= 4 is 13.6 Å². The van der Waals surface area contributed by atoms with Crippen LogP contribution in [-0.4, -0.2) is 22.5 Å². The monoisotopic (exact) mass is 415 g/mol. The molecule has 1 unspecified atom stereocenters. The molecule has 1 nitrogen and oxygen atoms in total. The molecule has 1 aliphatic rings.